The van der Waals surface area contributed by atoms with Crippen molar-refractivity contribution in [1.82, 2.24) is 19.4 Å². The van der Waals surface area contributed by atoms with Gasteiger partial charge in [-0.25, -0.2) is 14.4 Å². The van der Waals surface area contributed by atoms with Gasteiger partial charge in [-0.3, -0.25) is 4.79 Å². The van der Waals surface area contributed by atoms with Gasteiger partial charge in [0.05, 0.1) is 23.0 Å². The second kappa shape index (κ2) is 11.1. The lowest BCUT2D eigenvalue weighted by molar-refractivity contribution is 0.190. The molecule has 1 aliphatic heterocycles. The Kier molecular flexibility index (Phi) is 7.67. The second-order valence-electron chi connectivity index (χ2n) is 9.83. The van der Waals surface area contributed by atoms with Gasteiger partial charge in [0.25, 0.3) is 5.56 Å². The first-order valence-corrected chi connectivity index (χ1v) is 14.2. The van der Waals surface area contributed by atoms with E-state index in [2.05, 4.69) is 39.5 Å². The van der Waals surface area contributed by atoms with E-state index in [1.807, 2.05) is 37.6 Å². The van der Waals surface area contributed by atoms with E-state index in [-0.39, 0.29) is 5.56 Å². The van der Waals surface area contributed by atoms with Crippen LogP contribution in [0.2, 0.25) is 0 Å². The van der Waals surface area contributed by atoms with Crippen molar-refractivity contribution in [3.05, 3.63) is 71.0 Å². The number of nitrogens with one attached hydrogen (secondary N) is 2. The van der Waals surface area contributed by atoms with Gasteiger partial charge in [0.15, 0.2) is 0 Å². The Hall–Kier alpha value is -3.43. The van der Waals surface area contributed by atoms with E-state index >= 15 is 0 Å². The van der Waals surface area contributed by atoms with Crippen molar-refractivity contribution in [2.45, 2.75) is 50.2 Å². The normalized spacial score (nSPS) is 18.0. The lowest BCUT2D eigenvalue weighted by Crippen LogP contribution is -2.42. The Labute approximate surface area is 226 Å². The van der Waals surface area contributed by atoms with Gasteiger partial charge in [0.1, 0.15) is 17.5 Å². The predicted octanol–water partition coefficient (Wildman–Crippen LogP) is 5.98. The Balaban J connectivity index is 1.38. The van der Waals surface area contributed by atoms with Crippen LogP contribution in [-0.2, 0) is 6.54 Å². The van der Waals surface area contributed by atoms with Gasteiger partial charge in [0, 0.05) is 53.3 Å². The molecule has 2 N–H and O–H groups in total. The van der Waals surface area contributed by atoms with Crippen LogP contribution in [0.5, 0.6) is 0 Å². The molecule has 4 heterocycles. The fraction of sp³-hybridized carbons (Fsp3) is 0.345. The average molecular weight is 533 g/mol. The smallest absolute Gasteiger partial charge is 0.259 e. The summed E-state index contributed by atoms with van der Waals surface area (Å²) in [6, 6.07) is 13.4. The van der Waals surface area contributed by atoms with Crippen LogP contribution in [0.4, 0.5) is 21.7 Å². The minimum absolute atomic E-state index is 0.230. The minimum Gasteiger partial charge on any atom is -0.381 e. The molecular weight excluding hydrogens is 499 g/mol. The number of anilines is 3. The van der Waals surface area contributed by atoms with Gasteiger partial charge in [0.2, 0.25) is 0 Å². The molecule has 0 bridgehead atoms. The largest absolute Gasteiger partial charge is 0.381 e. The summed E-state index contributed by atoms with van der Waals surface area (Å²) in [5.74, 6) is 0.833. The number of benzene rings is 1. The molecule has 1 saturated heterocycles. The summed E-state index contributed by atoms with van der Waals surface area (Å²) in [6.45, 7) is 5.70. The number of likely N-dealkylation sites (tertiary alicyclic amines) is 1. The third kappa shape index (κ3) is 5.39. The van der Waals surface area contributed by atoms with Gasteiger partial charge in [-0.2, -0.15) is 0 Å². The first-order chi connectivity index (χ1) is 18.4. The summed E-state index contributed by atoms with van der Waals surface area (Å²) in [4.78, 5) is 25.8. The van der Waals surface area contributed by atoms with Crippen LogP contribution in [0, 0.1) is 5.82 Å². The van der Waals surface area contributed by atoms with E-state index in [4.69, 9.17) is 0 Å². The quantitative estimate of drug-likeness (QED) is 0.284. The number of halogens is 1. The molecule has 1 fully saturated rings. The highest BCUT2D eigenvalue weighted by atomic mass is 32.2. The maximum atomic E-state index is 14.7. The zero-order valence-electron chi connectivity index (χ0n) is 22.2. The maximum absolute atomic E-state index is 14.7. The fourth-order valence-electron chi connectivity index (χ4n) is 5.03. The number of hydrogen-bond acceptors (Lipinski definition) is 7. The van der Waals surface area contributed by atoms with E-state index in [0.29, 0.717) is 41.4 Å². The molecule has 198 valence electrons. The van der Waals surface area contributed by atoms with Crippen LogP contribution in [0.25, 0.3) is 22.0 Å². The molecule has 0 amide bonds. The zero-order valence-corrected chi connectivity index (χ0v) is 23.0. The van der Waals surface area contributed by atoms with Crippen molar-refractivity contribution < 1.29 is 4.39 Å². The number of fused-ring (bicyclic) bond motifs is 1. The molecule has 3 aromatic heterocycles. The number of aryl methyl sites for hydroxylation is 1. The molecule has 5 rings (SSSR count). The molecule has 2 unspecified atom stereocenters. The van der Waals surface area contributed by atoms with Crippen LogP contribution in [0.15, 0.2) is 64.5 Å². The average Bonchev–Trinajstić information content (AvgIpc) is 2.92. The first kappa shape index (κ1) is 26.2. The van der Waals surface area contributed by atoms with Gasteiger partial charge in [-0.15, -0.1) is 11.8 Å². The third-order valence-corrected chi connectivity index (χ3v) is 8.08. The Morgan fingerprint density at radius 2 is 1.89 bits per heavy atom. The summed E-state index contributed by atoms with van der Waals surface area (Å²) < 4.78 is 16.4. The lowest BCUT2D eigenvalue weighted by Gasteiger charge is -2.35. The van der Waals surface area contributed by atoms with E-state index < -0.39 is 5.82 Å². The zero-order chi connectivity index (χ0) is 26.8. The summed E-state index contributed by atoms with van der Waals surface area (Å²) in [5.41, 5.74) is 2.13. The van der Waals surface area contributed by atoms with Gasteiger partial charge in [-0.1, -0.05) is 0 Å². The number of hydrogen-bond donors (Lipinski definition) is 2. The van der Waals surface area contributed by atoms with E-state index in [9.17, 15) is 9.18 Å². The number of rotatable bonds is 7. The van der Waals surface area contributed by atoms with Gasteiger partial charge < -0.3 is 20.1 Å². The highest BCUT2D eigenvalue weighted by Crippen LogP contribution is 2.29. The molecule has 9 heteroatoms. The molecular formula is C29H33FN6OS. The Bertz CT molecular complexity index is 1510. The van der Waals surface area contributed by atoms with Crippen molar-refractivity contribution in [3.8, 4) is 11.1 Å². The predicted molar refractivity (Wildman–Crippen MR) is 155 cm³/mol. The van der Waals surface area contributed by atoms with Crippen LogP contribution in [0.3, 0.4) is 0 Å². The van der Waals surface area contributed by atoms with Gasteiger partial charge in [-0.05, 0) is 76.4 Å². The molecule has 2 atom stereocenters. The number of aromatic nitrogens is 3. The topological polar surface area (TPSA) is 75.1 Å². The summed E-state index contributed by atoms with van der Waals surface area (Å²) in [7, 11) is 2.17. The Morgan fingerprint density at radius 1 is 1.08 bits per heavy atom. The minimum atomic E-state index is -0.414. The summed E-state index contributed by atoms with van der Waals surface area (Å²) >= 11 is 1.51. The van der Waals surface area contributed by atoms with E-state index in [1.54, 1.807) is 29.0 Å². The van der Waals surface area contributed by atoms with Gasteiger partial charge >= 0.3 is 0 Å². The van der Waals surface area contributed by atoms with E-state index in [0.717, 1.165) is 40.9 Å². The molecule has 7 nitrogen and oxygen atoms in total. The molecule has 1 aliphatic rings. The van der Waals surface area contributed by atoms with Crippen molar-refractivity contribution in [2.24, 2.45) is 0 Å². The van der Waals surface area contributed by atoms with Crippen LogP contribution in [0.1, 0.15) is 26.7 Å². The standard InChI is InChI=1S/C29H33FN6OS/c1-5-36-26-15-28(34-27-9-6-21(17-32-27)33-20-10-11-35(3)18(2)12-20)31-16-19(26)13-24(29(36)37)23-14-22(38-4)7-8-25(23)30/h6-9,13-18,20,33H,5,10-12H2,1-4H3,(H,31,32,34). The number of nitrogens with zero attached hydrogens (tertiary/aromatic N) is 4. The molecule has 0 aliphatic carbocycles. The van der Waals surface area contributed by atoms with Crippen LogP contribution < -0.4 is 16.2 Å². The fourth-order valence-corrected chi connectivity index (χ4v) is 5.47. The van der Waals surface area contributed by atoms with Crippen LogP contribution >= 0.6 is 11.8 Å². The Morgan fingerprint density at radius 3 is 2.61 bits per heavy atom. The van der Waals surface area contributed by atoms with Crippen LogP contribution in [-0.4, -0.2) is 51.4 Å². The molecule has 4 aromatic rings. The van der Waals surface area contributed by atoms with Crippen molar-refractivity contribution in [2.75, 3.05) is 30.5 Å². The first-order valence-electron chi connectivity index (χ1n) is 12.9. The van der Waals surface area contributed by atoms with E-state index in [1.165, 1.54) is 17.8 Å². The third-order valence-electron chi connectivity index (χ3n) is 7.36. The SMILES string of the molecule is CCn1c(=O)c(-c2cc(SC)ccc2F)cc2cnc(Nc3ccc(NC4CCN(C)C(C)C4)cn3)cc21. The molecule has 38 heavy (non-hydrogen) atoms. The lowest BCUT2D eigenvalue weighted by atomic mass is 9.99. The molecule has 0 saturated carbocycles. The maximum Gasteiger partial charge on any atom is 0.259 e. The highest BCUT2D eigenvalue weighted by Gasteiger charge is 2.22. The monoisotopic (exact) mass is 532 g/mol. The summed E-state index contributed by atoms with van der Waals surface area (Å²) in [6.07, 6.45) is 7.68. The number of thioether (sulfide) groups is 1. The summed E-state index contributed by atoms with van der Waals surface area (Å²) in [5, 5.41) is 7.61. The van der Waals surface area contributed by atoms with Crippen molar-refractivity contribution in [3.63, 3.8) is 0 Å². The second-order valence-corrected chi connectivity index (χ2v) is 10.7. The molecule has 0 spiro atoms. The number of pyridine rings is 3. The van der Waals surface area contributed by atoms with Crippen molar-refractivity contribution in [1.29, 1.82) is 0 Å². The highest BCUT2D eigenvalue weighted by molar-refractivity contribution is 7.98. The number of piperidine rings is 1. The molecule has 1 aromatic carbocycles. The molecule has 0 radical (unpaired) electrons. The van der Waals surface area contributed by atoms with Crippen molar-refractivity contribution >= 4 is 40.0 Å².